The number of rotatable bonds is 4. The van der Waals surface area contributed by atoms with Crippen molar-refractivity contribution in [1.82, 2.24) is 14.7 Å². The Kier molecular flexibility index (Phi) is 3.83. The van der Waals surface area contributed by atoms with E-state index in [1.807, 2.05) is 29.1 Å². The molecule has 21 heavy (non-hydrogen) atoms. The van der Waals surface area contributed by atoms with Crippen molar-refractivity contribution in [3.8, 4) is 5.69 Å². The molecule has 1 aliphatic rings. The molecule has 2 aromatic rings. The third kappa shape index (κ3) is 2.74. The van der Waals surface area contributed by atoms with Crippen molar-refractivity contribution in [1.29, 1.82) is 0 Å². The van der Waals surface area contributed by atoms with Crippen LogP contribution in [0.5, 0.6) is 0 Å². The number of aromatic nitrogens is 2. The highest BCUT2D eigenvalue weighted by molar-refractivity contribution is 5.31. The molecule has 112 valence electrons. The van der Waals surface area contributed by atoms with Gasteiger partial charge in [0.05, 0.1) is 17.9 Å². The molecule has 1 unspecified atom stereocenters. The molecule has 1 aromatic heterocycles. The van der Waals surface area contributed by atoms with Gasteiger partial charge in [0, 0.05) is 23.8 Å². The van der Waals surface area contributed by atoms with Crippen LogP contribution in [0.15, 0.2) is 42.7 Å². The standard InChI is InChI=1S/C17H24N4/c1-17(2)9-6-10-20(17)16(11-18)14-12-19-21(13-14)15-7-4-3-5-8-15/h3-5,7-8,12-13,16H,6,9-11,18H2,1-2H3. The normalized spacial score (nSPS) is 19.8. The first-order valence-corrected chi connectivity index (χ1v) is 7.68. The Morgan fingerprint density at radius 3 is 2.67 bits per heavy atom. The zero-order chi connectivity index (χ0) is 14.9. The van der Waals surface area contributed by atoms with E-state index in [1.54, 1.807) is 0 Å². The van der Waals surface area contributed by atoms with Crippen LogP contribution in [0.3, 0.4) is 0 Å². The van der Waals surface area contributed by atoms with Crippen molar-refractivity contribution in [2.24, 2.45) is 5.73 Å². The Hall–Kier alpha value is -1.65. The van der Waals surface area contributed by atoms with E-state index in [9.17, 15) is 0 Å². The molecule has 0 radical (unpaired) electrons. The molecule has 1 fully saturated rings. The molecule has 4 heteroatoms. The van der Waals surface area contributed by atoms with Crippen LogP contribution in [0.2, 0.25) is 0 Å². The van der Waals surface area contributed by atoms with Crippen LogP contribution in [0.25, 0.3) is 5.69 Å². The molecular formula is C17H24N4. The van der Waals surface area contributed by atoms with Crippen LogP contribution in [0, 0.1) is 0 Å². The highest BCUT2D eigenvalue weighted by atomic mass is 15.3. The monoisotopic (exact) mass is 284 g/mol. The second kappa shape index (κ2) is 5.62. The Morgan fingerprint density at radius 2 is 2.05 bits per heavy atom. The zero-order valence-electron chi connectivity index (χ0n) is 12.9. The number of para-hydroxylation sites is 1. The Bertz CT molecular complexity index is 588. The molecule has 1 aromatic carbocycles. The Balaban J connectivity index is 1.87. The van der Waals surface area contributed by atoms with Gasteiger partial charge in [-0.25, -0.2) is 4.68 Å². The topological polar surface area (TPSA) is 47.1 Å². The number of nitrogens with zero attached hydrogens (tertiary/aromatic N) is 3. The summed E-state index contributed by atoms with van der Waals surface area (Å²) in [6.07, 6.45) is 6.55. The predicted molar refractivity (Wildman–Crippen MR) is 85.4 cm³/mol. The summed E-state index contributed by atoms with van der Waals surface area (Å²) in [5.41, 5.74) is 8.58. The lowest BCUT2D eigenvalue weighted by molar-refractivity contribution is 0.119. The summed E-state index contributed by atoms with van der Waals surface area (Å²) in [7, 11) is 0. The maximum atomic E-state index is 6.07. The molecule has 0 bridgehead atoms. The molecule has 1 saturated heterocycles. The lowest BCUT2D eigenvalue weighted by Gasteiger charge is -2.37. The molecule has 0 amide bonds. The Morgan fingerprint density at radius 1 is 1.29 bits per heavy atom. The fraction of sp³-hybridized carbons (Fsp3) is 0.471. The van der Waals surface area contributed by atoms with Crippen LogP contribution in [-0.4, -0.2) is 33.3 Å². The molecule has 3 rings (SSSR count). The molecule has 2 N–H and O–H groups in total. The lowest BCUT2D eigenvalue weighted by atomic mass is 9.99. The van der Waals surface area contributed by atoms with Gasteiger partial charge in [0.1, 0.15) is 0 Å². The van der Waals surface area contributed by atoms with Gasteiger partial charge >= 0.3 is 0 Å². The van der Waals surface area contributed by atoms with Crippen molar-refractivity contribution >= 4 is 0 Å². The lowest BCUT2D eigenvalue weighted by Crippen LogP contribution is -2.43. The highest BCUT2D eigenvalue weighted by Crippen LogP contribution is 2.35. The average Bonchev–Trinajstić information content (AvgIpc) is 3.09. The molecule has 2 heterocycles. The van der Waals surface area contributed by atoms with Crippen LogP contribution >= 0.6 is 0 Å². The number of benzene rings is 1. The van der Waals surface area contributed by atoms with Gasteiger partial charge < -0.3 is 5.73 Å². The molecule has 0 saturated carbocycles. The van der Waals surface area contributed by atoms with Crippen LogP contribution in [0.1, 0.15) is 38.3 Å². The van der Waals surface area contributed by atoms with E-state index in [-0.39, 0.29) is 11.6 Å². The van der Waals surface area contributed by atoms with E-state index in [1.165, 1.54) is 18.4 Å². The predicted octanol–water partition coefficient (Wildman–Crippen LogP) is 2.75. The summed E-state index contributed by atoms with van der Waals surface area (Å²) in [5, 5.41) is 4.51. The van der Waals surface area contributed by atoms with E-state index >= 15 is 0 Å². The van der Waals surface area contributed by atoms with Gasteiger partial charge in [0.25, 0.3) is 0 Å². The first-order chi connectivity index (χ1) is 10.1. The fourth-order valence-electron chi connectivity index (χ4n) is 3.38. The molecule has 1 atom stereocenters. The van der Waals surface area contributed by atoms with Crippen molar-refractivity contribution in [3.05, 3.63) is 48.3 Å². The summed E-state index contributed by atoms with van der Waals surface area (Å²) in [6.45, 7) is 6.36. The molecular weight excluding hydrogens is 260 g/mol. The van der Waals surface area contributed by atoms with Crippen LogP contribution in [-0.2, 0) is 0 Å². The average molecular weight is 284 g/mol. The number of hydrogen-bond acceptors (Lipinski definition) is 3. The van der Waals surface area contributed by atoms with Gasteiger partial charge in [-0.05, 0) is 45.4 Å². The highest BCUT2D eigenvalue weighted by Gasteiger charge is 2.37. The molecule has 0 aliphatic carbocycles. The van der Waals surface area contributed by atoms with Crippen molar-refractivity contribution < 1.29 is 0 Å². The smallest absolute Gasteiger partial charge is 0.0645 e. The summed E-state index contributed by atoms with van der Waals surface area (Å²) < 4.78 is 1.93. The molecule has 1 aliphatic heterocycles. The largest absolute Gasteiger partial charge is 0.329 e. The van der Waals surface area contributed by atoms with Gasteiger partial charge in [-0.2, -0.15) is 5.10 Å². The summed E-state index contributed by atoms with van der Waals surface area (Å²) in [4.78, 5) is 2.53. The quantitative estimate of drug-likeness (QED) is 0.939. The third-order valence-corrected chi connectivity index (χ3v) is 4.57. The number of hydrogen-bond donors (Lipinski definition) is 1. The second-order valence-electron chi connectivity index (χ2n) is 6.41. The van der Waals surface area contributed by atoms with Crippen molar-refractivity contribution in [3.63, 3.8) is 0 Å². The fourth-order valence-corrected chi connectivity index (χ4v) is 3.38. The van der Waals surface area contributed by atoms with Crippen LogP contribution < -0.4 is 5.73 Å². The molecule has 4 nitrogen and oxygen atoms in total. The van der Waals surface area contributed by atoms with E-state index < -0.39 is 0 Å². The van der Waals surface area contributed by atoms with Gasteiger partial charge in [0.2, 0.25) is 0 Å². The summed E-state index contributed by atoms with van der Waals surface area (Å²) in [5.74, 6) is 0. The van der Waals surface area contributed by atoms with E-state index in [0.29, 0.717) is 6.54 Å². The minimum atomic E-state index is 0.221. The van der Waals surface area contributed by atoms with E-state index in [0.717, 1.165) is 12.2 Å². The first-order valence-electron chi connectivity index (χ1n) is 7.68. The van der Waals surface area contributed by atoms with E-state index in [4.69, 9.17) is 5.73 Å². The third-order valence-electron chi connectivity index (χ3n) is 4.57. The van der Waals surface area contributed by atoms with Gasteiger partial charge in [-0.15, -0.1) is 0 Å². The van der Waals surface area contributed by atoms with Gasteiger partial charge in [0.15, 0.2) is 0 Å². The summed E-state index contributed by atoms with van der Waals surface area (Å²) >= 11 is 0. The van der Waals surface area contributed by atoms with Gasteiger partial charge in [-0.3, -0.25) is 4.90 Å². The zero-order valence-corrected chi connectivity index (χ0v) is 12.9. The summed E-state index contributed by atoms with van der Waals surface area (Å²) in [6, 6.07) is 10.5. The maximum absolute atomic E-state index is 6.07. The molecule has 0 spiro atoms. The van der Waals surface area contributed by atoms with Crippen LogP contribution in [0.4, 0.5) is 0 Å². The van der Waals surface area contributed by atoms with Crippen molar-refractivity contribution in [2.75, 3.05) is 13.1 Å². The number of likely N-dealkylation sites (tertiary alicyclic amines) is 1. The maximum Gasteiger partial charge on any atom is 0.0645 e. The number of nitrogens with two attached hydrogens (primary N) is 1. The van der Waals surface area contributed by atoms with Crippen molar-refractivity contribution in [2.45, 2.75) is 38.3 Å². The Labute approximate surface area is 126 Å². The SMILES string of the molecule is CC1(C)CCCN1C(CN)c1cnn(-c2ccccc2)c1. The van der Waals surface area contributed by atoms with Gasteiger partial charge in [-0.1, -0.05) is 18.2 Å². The first kappa shape index (κ1) is 14.3. The minimum Gasteiger partial charge on any atom is -0.329 e. The van der Waals surface area contributed by atoms with E-state index in [2.05, 4.69) is 42.2 Å². The second-order valence-corrected chi connectivity index (χ2v) is 6.41. The minimum absolute atomic E-state index is 0.221.